The van der Waals surface area contributed by atoms with Gasteiger partial charge in [-0.1, -0.05) is 0 Å². The standard InChI is InChI=1S/C17H17NO4Se/c19-18(20)14-8-4-5-9-17(14)23-12-16-15(22-16)11-21-10-13-6-2-1-3-7-13/h1-9,15-16H,10-12H2. The summed E-state index contributed by atoms with van der Waals surface area (Å²) in [4.78, 5) is 10.7. The average molecular weight is 378 g/mol. The van der Waals surface area contributed by atoms with Crippen molar-refractivity contribution in [1.29, 1.82) is 0 Å². The van der Waals surface area contributed by atoms with E-state index in [4.69, 9.17) is 9.47 Å². The van der Waals surface area contributed by atoms with Crippen LogP contribution in [0.3, 0.4) is 0 Å². The molecule has 1 fully saturated rings. The molecular formula is C17H17NO4Se. The molecule has 2 aromatic carbocycles. The third kappa shape index (κ3) is 4.62. The van der Waals surface area contributed by atoms with E-state index in [0.717, 1.165) is 15.3 Å². The predicted molar refractivity (Wildman–Crippen MR) is 88.1 cm³/mol. The molecule has 0 aliphatic carbocycles. The molecule has 0 bridgehead atoms. The zero-order valence-corrected chi connectivity index (χ0v) is 14.2. The van der Waals surface area contributed by atoms with E-state index in [1.54, 1.807) is 12.1 Å². The monoisotopic (exact) mass is 379 g/mol. The van der Waals surface area contributed by atoms with Gasteiger partial charge in [0.25, 0.3) is 0 Å². The zero-order chi connectivity index (χ0) is 16.1. The van der Waals surface area contributed by atoms with Crippen LogP contribution in [0.1, 0.15) is 5.56 Å². The van der Waals surface area contributed by atoms with Crippen molar-refractivity contribution in [3.05, 3.63) is 70.3 Å². The van der Waals surface area contributed by atoms with Crippen molar-refractivity contribution in [2.45, 2.75) is 24.1 Å². The molecule has 1 aliphatic rings. The molecule has 1 aliphatic heterocycles. The van der Waals surface area contributed by atoms with Crippen molar-refractivity contribution in [2.75, 3.05) is 6.61 Å². The Morgan fingerprint density at radius 3 is 2.61 bits per heavy atom. The van der Waals surface area contributed by atoms with Crippen molar-refractivity contribution in [3.63, 3.8) is 0 Å². The normalized spacial score (nSPS) is 19.5. The summed E-state index contributed by atoms with van der Waals surface area (Å²) in [6.07, 6.45) is 0.300. The number of benzene rings is 2. The van der Waals surface area contributed by atoms with Gasteiger partial charge < -0.3 is 0 Å². The summed E-state index contributed by atoms with van der Waals surface area (Å²) in [5.74, 6) is 0. The first-order valence-electron chi connectivity index (χ1n) is 7.37. The average Bonchev–Trinajstić information content (AvgIpc) is 3.32. The fourth-order valence-corrected chi connectivity index (χ4v) is 4.55. The van der Waals surface area contributed by atoms with Crippen molar-refractivity contribution >= 4 is 25.1 Å². The van der Waals surface area contributed by atoms with Gasteiger partial charge in [0, 0.05) is 0 Å². The minimum absolute atomic E-state index is 0.0442. The van der Waals surface area contributed by atoms with Gasteiger partial charge in [0.15, 0.2) is 0 Å². The number of epoxide rings is 1. The molecule has 5 nitrogen and oxygen atoms in total. The molecule has 0 amide bonds. The van der Waals surface area contributed by atoms with Crippen LogP contribution in [0.4, 0.5) is 5.69 Å². The van der Waals surface area contributed by atoms with Crippen LogP contribution in [0.5, 0.6) is 0 Å². The minimum atomic E-state index is -0.314. The molecule has 3 rings (SSSR count). The fraction of sp³-hybridized carbons (Fsp3) is 0.294. The van der Waals surface area contributed by atoms with Crippen LogP contribution < -0.4 is 4.46 Å². The molecule has 6 heteroatoms. The molecule has 2 atom stereocenters. The Hall–Kier alpha value is -1.72. The van der Waals surface area contributed by atoms with E-state index < -0.39 is 0 Å². The zero-order valence-electron chi connectivity index (χ0n) is 12.5. The predicted octanol–water partition coefficient (Wildman–Crippen LogP) is 2.33. The number of rotatable bonds is 8. The topological polar surface area (TPSA) is 64.9 Å². The summed E-state index contributed by atoms with van der Waals surface area (Å²) in [5, 5.41) is 11.8. The molecule has 2 unspecified atom stereocenters. The maximum absolute atomic E-state index is 11.0. The van der Waals surface area contributed by atoms with Crippen molar-refractivity contribution in [2.24, 2.45) is 0 Å². The number of nitro benzene ring substituents is 1. The molecular weight excluding hydrogens is 361 g/mol. The van der Waals surface area contributed by atoms with Gasteiger partial charge in [-0.3, -0.25) is 0 Å². The van der Waals surface area contributed by atoms with Crippen molar-refractivity contribution in [1.82, 2.24) is 0 Å². The van der Waals surface area contributed by atoms with Gasteiger partial charge in [0.1, 0.15) is 0 Å². The summed E-state index contributed by atoms with van der Waals surface area (Å²) < 4.78 is 12.1. The van der Waals surface area contributed by atoms with Gasteiger partial charge in [-0.05, 0) is 0 Å². The van der Waals surface area contributed by atoms with Crippen LogP contribution in [-0.4, -0.2) is 38.7 Å². The Balaban J connectivity index is 1.39. The van der Waals surface area contributed by atoms with Gasteiger partial charge in [-0.2, -0.15) is 0 Å². The Labute approximate surface area is 140 Å². The van der Waals surface area contributed by atoms with Crippen LogP contribution in [0.25, 0.3) is 0 Å². The summed E-state index contributed by atoms with van der Waals surface area (Å²) in [6, 6.07) is 17.0. The van der Waals surface area contributed by atoms with Crippen LogP contribution in [0.15, 0.2) is 54.6 Å². The molecule has 1 heterocycles. The molecule has 0 radical (unpaired) electrons. The number of nitrogens with zero attached hydrogens (tertiary/aromatic N) is 1. The van der Waals surface area contributed by atoms with Gasteiger partial charge in [-0.25, -0.2) is 0 Å². The van der Waals surface area contributed by atoms with E-state index in [0.29, 0.717) is 13.2 Å². The molecule has 0 aromatic heterocycles. The van der Waals surface area contributed by atoms with Crippen LogP contribution >= 0.6 is 0 Å². The summed E-state index contributed by atoms with van der Waals surface area (Å²) in [7, 11) is 0. The number of nitro groups is 1. The maximum atomic E-state index is 11.0. The second-order valence-electron chi connectivity index (χ2n) is 5.25. The second kappa shape index (κ2) is 7.70. The van der Waals surface area contributed by atoms with E-state index in [9.17, 15) is 10.1 Å². The van der Waals surface area contributed by atoms with E-state index in [2.05, 4.69) is 0 Å². The molecule has 0 spiro atoms. The van der Waals surface area contributed by atoms with E-state index in [1.807, 2.05) is 42.5 Å². The quantitative estimate of drug-likeness (QED) is 0.306. The molecule has 2 aromatic rings. The number of ether oxygens (including phenoxy) is 2. The Morgan fingerprint density at radius 2 is 1.83 bits per heavy atom. The SMILES string of the molecule is O=[N+]([O-])c1ccccc1[Se]CC1OC1COCc1ccccc1. The Kier molecular flexibility index (Phi) is 5.41. The van der Waals surface area contributed by atoms with Crippen LogP contribution in [0, 0.1) is 10.1 Å². The molecule has 1 saturated heterocycles. The van der Waals surface area contributed by atoms with Gasteiger partial charge in [0.05, 0.1) is 0 Å². The Morgan fingerprint density at radius 1 is 1.09 bits per heavy atom. The molecule has 0 N–H and O–H groups in total. The first-order valence-corrected chi connectivity index (χ1v) is 9.44. The van der Waals surface area contributed by atoms with Crippen molar-refractivity contribution < 1.29 is 14.4 Å². The molecule has 0 saturated carbocycles. The van der Waals surface area contributed by atoms with E-state index in [-0.39, 0.29) is 37.8 Å². The van der Waals surface area contributed by atoms with Gasteiger partial charge in [-0.15, -0.1) is 0 Å². The number of para-hydroxylation sites is 1. The van der Waals surface area contributed by atoms with Crippen LogP contribution in [-0.2, 0) is 16.1 Å². The second-order valence-corrected chi connectivity index (χ2v) is 7.48. The summed E-state index contributed by atoms with van der Waals surface area (Å²) in [6.45, 7) is 1.16. The third-order valence-electron chi connectivity index (χ3n) is 3.55. The van der Waals surface area contributed by atoms with Crippen LogP contribution in [0.2, 0.25) is 5.32 Å². The number of hydrogen-bond donors (Lipinski definition) is 0. The molecule has 23 heavy (non-hydrogen) atoms. The number of hydrogen-bond acceptors (Lipinski definition) is 4. The Bertz CT molecular complexity index is 665. The fourth-order valence-electron chi connectivity index (χ4n) is 2.24. The van der Waals surface area contributed by atoms with Crippen molar-refractivity contribution in [3.8, 4) is 0 Å². The van der Waals surface area contributed by atoms with Gasteiger partial charge >= 0.3 is 141 Å². The summed E-state index contributed by atoms with van der Waals surface area (Å²) >= 11 is 0.0442. The molecule has 120 valence electrons. The first kappa shape index (κ1) is 16.1. The van der Waals surface area contributed by atoms with E-state index >= 15 is 0 Å². The first-order chi connectivity index (χ1) is 11.2. The van der Waals surface area contributed by atoms with E-state index in [1.165, 1.54) is 0 Å². The van der Waals surface area contributed by atoms with Gasteiger partial charge in [0.2, 0.25) is 0 Å². The summed E-state index contributed by atoms with van der Waals surface area (Å²) in [5.41, 5.74) is 1.36. The third-order valence-corrected chi connectivity index (χ3v) is 5.96.